The number of anilines is 1. The number of amides is 1. The zero-order valence-corrected chi connectivity index (χ0v) is 20.2. The van der Waals surface area contributed by atoms with Crippen LogP contribution in [0.4, 0.5) is 5.82 Å². The van der Waals surface area contributed by atoms with Crippen LogP contribution >= 0.6 is 11.8 Å². The molecule has 1 atom stereocenters. The molecule has 0 aliphatic heterocycles. The number of rotatable bonds is 10. The largest absolute Gasteiger partial charge is 0.486 e. The minimum Gasteiger partial charge on any atom is -0.486 e. The number of hydrogen-bond donors (Lipinski definition) is 1. The van der Waals surface area contributed by atoms with Crippen LogP contribution in [0.25, 0.3) is 0 Å². The first-order valence-electron chi connectivity index (χ1n) is 11.1. The Morgan fingerprint density at radius 1 is 1.15 bits per heavy atom. The molecule has 1 unspecified atom stereocenters. The monoisotopic (exact) mass is 477 g/mol. The molecule has 8 nitrogen and oxygen atoms in total. The Kier molecular flexibility index (Phi) is 7.64. The Bertz CT molecular complexity index is 1220. The van der Waals surface area contributed by atoms with Crippen LogP contribution in [-0.2, 0) is 17.8 Å². The van der Waals surface area contributed by atoms with Crippen LogP contribution in [0.15, 0.2) is 70.3 Å². The van der Waals surface area contributed by atoms with Gasteiger partial charge in [-0.2, -0.15) is 0 Å². The van der Waals surface area contributed by atoms with Crippen LogP contribution < -0.4 is 10.1 Å². The van der Waals surface area contributed by atoms with E-state index in [2.05, 4.69) is 58.8 Å². The lowest BCUT2D eigenvalue weighted by molar-refractivity contribution is -0.113. The Morgan fingerprint density at radius 3 is 2.59 bits per heavy atom. The number of thioether (sulfide) groups is 1. The molecule has 0 fully saturated rings. The molecule has 2 aromatic heterocycles. The van der Waals surface area contributed by atoms with Crippen molar-refractivity contribution in [3.8, 4) is 5.75 Å². The zero-order valence-electron chi connectivity index (χ0n) is 19.4. The highest BCUT2D eigenvalue weighted by molar-refractivity contribution is 7.99. The standard InChI is InChI=1S/C25H27N5O3S/c1-4-19-10-12-21(13-11-19)32-15-23-27-28-25(30(23)18(3)20-8-6-5-7-9-20)34-16-24(31)26-22-14-17(2)33-29-22/h5-14,18H,4,15-16H2,1-3H3,(H,26,29,31). The van der Waals surface area contributed by atoms with Crippen LogP contribution in [0, 0.1) is 6.92 Å². The molecule has 0 saturated carbocycles. The van der Waals surface area contributed by atoms with E-state index >= 15 is 0 Å². The lowest BCUT2D eigenvalue weighted by atomic mass is 10.1. The topological polar surface area (TPSA) is 95.1 Å². The van der Waals surface area contributed by atoms with Crippen molar-refractivity contribution in [1.82, 2.24) is 19.9 Å². The predicted octanol–water partition coefficient (Wildman–Crippen LogP) is 5.06. The third kappa shape index (κ3) is 5.85. The van der Waals surface area contributed by atoms with Gasteiger partial charge in [-0.3, -0.25) is 9.36 Å². The summed E-state index contributed by atoms with van der Waals surface area (Å²) in [4.78, 5) is 12.4. The Balaban J connectivity index is 1.50. The smallest absolute Gasteiger partial charge is 0.236 e. The average molecular weight is 478 g/mol. The van der Waals surface area contributed by atoms with Gasteiger partial charge in [-0.15, -0.1) is 10.2 Å². The van der Waals surface area contributed by atoms with E-state index in [1.54, 1.807) is 13.0 Å². The fourth-order valence-electron chi connectivity index (χ4n) is 3.48. The van der Waals surface area contributed by atoms with Gasteiger partial charge >= 0.3 is 0 Å². The van der Waals surface area contributed by atoms with Crippen molar-refractivity contribution in [3.63, 3.8) is 0 Å². The molecule has 9 heteroatoms. The van der Waals surface area contributed by atoms with Crippen molar-refractivity contribution in [1.29, 1.82) is 0 Å². The van der Waals surface area contributed by atoms with E-state index in [4.69, 9.17) is 9.26 Å². The number of aromatic nitrogens is 4. The third-order valence-corrected chi connectivity index (χ3v) is 6.27. The minimum atomic E-state index is -0.200. The maximum Gasteiger partial charge on any atom is 0.236 e. The normalized spacial score (nSPS) is 11.9. The second kappa shape index (κ2) is 11.0. The first-order chi connectivity index (χ1) is 16.5. The van der Waals surface area contributed by atoms with Crippen molar-refractivity contribution in [3.05, 3.63) is 83.4 Å². The Labute approximate surface area is 202 Å². The van der Waals surface area contributed by atoms with Gasteiger partial charge in [0.2, 0.25) is 5.91 Å². The summed E-state index contributed by atoms with van der Waals surface area (Å²) in [5.41, 5.74) is 2.37. The minimum absolute atomic E-state index is 0.0407. The van der Waals surface area contributed by atoms with E-state index in [1.165, 1.54) is 17.3 Å². The molecule has 1 N–H and O–H groups in total. The zero-order chi connectivity index (χ0) is 23.9. The molecular formula is C25H27N5O3S. The Hall–Kier alpha value is -3.59. The quantitative estimate of drug-likeness (QED) is 0.319. The highest BCUT2D eigenvalue weighted by atomic mass is 32.2. The van der Waals surface area contributed by atoms with Crippen LogP contribution in [0.3, 0.4) is 0 Å². The van der Waals surface area contributed by atoms with Gasteiger partial charge in [0.1, 0.15) is 18.1 Å². The number of nitrogens with one attached hydrogen (secondary N) is 1. The maximum atomic E-state index is 12.4. The summed E-state index contributed by atoms with van der Waals surface area (Å²) in [6, 6.07) is 19.8. The number of ether oxygens (including phenoxy) is 1. The summed E-state index contributed by atoms with van der Waals surface area (Å²) in [6.07, 6.45) is 0.980. The van der Waals surface area contributed by atoms with E-state index in [-0.39, 0.29) is 24.3 Å². The van der Waals surface area contributed by atoms with Crippen molar-refractivity contribution in [2.24, 2.45) is 0 Å². The van der Waals surface area contributed by atoms with Crippen molar-refractivity contribution in [2.45, 2.75) is 45.0 Å². The number of carbonyl (C=O) groups is 1. The van der Waals surface area contributed by atoms with Gasteiger partial charge in [-0.1, -0.05) is 66.3 Å². The molecule has 0 aliphatic carbocycles. The van der Waals surface area contributed by atoms with E-state index in [0.717, 1.165) is 17.7 Å². The number of benzene rings is 2. The lowest BCUT2D eigenvalue weighted by Crippen LogP contribution is -2.17. The molecule has 0 saturated heterocycles. The number of carbonyl (C=O) groups excluding carboxylic acids is 1. The first-order valence-corrected chi connectivity index (χ1v) is 12.1. The van der Waals surface area contributed by atoms with E-state index in [9.17, 15) is 4.79 Å². The molecule has 0 aliphatic rings. The summed E-state index contributed by atoms with van der Waals surface area (Å²) in [5.74, 6) is 2.44. The number of nitrogens with zero attached hydrogens (tertiary/aromatic N) is 4. The maximum absolute atomic E-state index is 12.4. The van der Waals surface area contributed by atoms with Gasteiger partial charge in [0, 0.05) is 6.07 Å². The number of aryl methyl sites for hydroxylation is 2. The van der Waals surface area contributed by atoms with Crippen LogP contribution in [0.5, 0.6) is 5.75 Å². The lowest BCUT2D eigenvalue weighted by Gasteiger charge is -2.18. The second-order valence-electron chi connectivity index (χ2n) is 7.80. The van der Waals surface area contributed by atoms with Crippen LogP contribution in [-0.4, -0.2) is 31.6 Å². The summed E-state index contributed by atoms with van der Waals surface area (Å²) in [6.45, 7) is 6.24. The fourth-order valence-corrected chi connectivity index (χ4v) is 4.31. The first kappa shape index (κ1) is 23.6. The molecule has 34 heavy (non-hydrogen) atoms. The van der Waals surface area contributed by atoms with Gasteiger partial charge in [-0.25, -0.2) is 0 Å². The molecule has 4 aromatic rings. The Morgan fingerprint density at radius 2 is 1.91 bits per heavy atom. The van der Waals surface area contributed by atoms with Crippen LogP contribution in [0.1, 0.15) is 42.6 Å². The van der Waals surface area contributed by atoms with E-state index in [0.29, 0.717) is 22.6 Å². The highest BCUT2D eigenvalue weighted by Crippen LogP contribution is 2.27. The van der Waals surface area contributed by atoms with Gasteiger partial charge in [-0.05, 0) is 43.5 Å². The molecule has 2 heterocycles. The van der Waals surface area contributed by atoms with E-state index < -0.39 is 0 Å². The van der Waals surface area contributed by atoms with Crippen molar-refractivity contribution >= 4 is 23.5 Å². The summed E-state index contributed by atoms with van der Waals surface area (Å²) in [7, 11) is 0. The molecule has 1 amide bonds. The molecule has 0 radical (unpaired) electrons. The highest BCUT2D eigenvalue weighted by Gasteiger charge is 2.21. The molecular weight excluding hydrogens is 450 g/mol. The summed E-state index contributed by atoms with van der Waals surface area (Å²) >= 11 is 1.31. The summed E-state index contributed by atoms with van der Waals surface area (Å²) in [5, 5.41) is 15.9. The van der Waals surface area contributed by atoms with Crippen molar-refractivity contribution < 1.29 is 14.1 Å². The van der Waals surface area contributed by atoms with E-state index in [1.807, 2.05) is 34.9 Å². The van der Waals surface area contributed by atoms with Gasteiger partial charge in [0.05, 0.1) is 11.8 Å². The molecule has 176 valence electrons. The fraction of sp³-hybridized carbons (Fsp3) is 0.280. The number of hydrogen-bond acceptors (Lipinski definition) is 7. The van der Waals surface area contributed by atoms with Crippen molar-refractivity contribution in [2.75, 3.05) is 11.1 Å². The van der Waals surface area contributed by atoms with Gasteiger partial charge < -0.3 is 14.6 Å². The molecule has 4 rings (SSSR count). The molecule has 2 aromatic carbocycles. The predicted molar refractivity (Wildman–Crippen MR) is 131 cm³/mol. The molecule has 0 bridgehead atoms. The van der Waals surface area contributed by atoms with Gasteiger partial charge in [0.15, 0.2) is 16.8 Å². The summed E-state index contributed by atoms with van der Waals surface area (Å²) < 4.78 is 13.0. The third-order valence-electron chi connectivity index (χ3n) is 5.33. The average Bonchev–Trinajstić information content (AvgIpc) is 3.47. The molecule has 0 spiro atoms. The SMILES string of the molecule is CCc1ccc(OCc2nnc(SCC(=O)Nc3cc(C)on3)n2C(C)c2ccccc2)cc1. The van der Waals surface area contributed by atoms with Crippen LogP contribution in [0.2, 0.25) is 0 Å². The van der Waals surface area contributed by atoms with Gasteiger partial charge in [0.25, 0.3) is 0 Å². The second-order valence-corrected chi connectivity index (χ2v) is 8.74.